The van der Waals surface area contributed by atoms with E-state index < -0.39 is 0 Å². The van der Waals surface area contributed by atoms with Gasteiger partial charge in [0.05, 0.1) is 6.54 Å². The van der Waals surface area contributed by atoms with Crippen LogP contribution in [-0.2, 0) is 11.8 Å². The van der Waals surface area contributed by atoms with Gasteiger partial charge in [-0.05, 0) is 16.5 Å². The van der Waals surface area contributed by atoms with Crippen molar-refractivity contribution in [1.29, 1.82) is 0 Å². The van der Waals surface area contributed by atoms with E-state index in [1.807, 2.05) is 0 Å². The van der Waals surface area contributed by atoms with E-state index in [1.54, 1.807) is 0 Å². The zero-order valence-corrected chi connectivity index (χ0v) is 10.4. The van der Waals surface area contributed by atoms with Crippen molar-refractivity contribution < 1.29 is 0 Å². The lowest BCUT2D eigenvalue weighted by molar-refractivity contribution is 0.585. The molecule has 0 bridgehead atoms. The summed E-state index contributed by atoms with van der Waals surface area (Å²) in [6.07, 6.45) is 0.938. The number of hydrogen-bond acceptors (Lipinski definition) is 2. The van der Waals surface area contributed by atoms with Gasteiger partial charge >= 0.3 is 0 Å². The molecule has 1 aliphatic heterocycles. The smallest absolute Gasteiger partial charge is 0.101 e. The number of hydrogen-bond donors (Lipinski definition) is 1. The van der Waals surface area contributed by atoms with Crippen molar-refractivity contribution in [1.82, 2.24) is 5.32 Å². The number of nitrogens with one attached hydrogen (secondary N) is 1. The first kappa shape index (κ1) is 11.2. The van der Waals surface area contributed by atoms with Crippen LogP contribution in [0.1, 0.15) is 31.9 Å². The molecule has 0 amide bonds. The molecule has 1 aliphatic rings. The normalized spacial score (nSPS) is 15.8. The van der Waals surface area contributed by atoms with Crippen LogP contribution in [0.3, 0.4) is 0 Å². The van der Waals surface area contributed by atoms with Gasteiger partial charge in [-0.15, -0.1) is 0 Å². The number of aliphatic imine (C=N–C) groups is 1. The van der Waals surface area contributed by atoms with E-state index >= 15 is 0 Å². The summed E-state index contributed by atoms with van der Waals surface area (Å²) < 4.78 is 0. The van der Waals surface area contributed by atoms with Crippen LogP contribution in [0.15, 0.2) is 29.3 Å². The fourth-order valence-electron chi connectivity index (χ4n) is 2.15. The summed E-state index contributed by atoms with van der Waals surface area (Å²) >= 11 is 0. The highest BCUT2D eigenvalue weighted by molar-refractivity contribution is 5.86. The topological polar surface area (TPSA) is 24.4 Å². The number of benzene rings is 1. The molecule has 0 spiro atoms. The Kier molecular flexibility index (Phi) is 2.99. The summed E-state index contributed by atoms with van der Waals surface area (Å²) in [5, 5.41) is 3.33. The van der Waals surface area contributed by atoms with Crippen LogP contribution in [0.25, 0.3) is 0 Å². The minimum Gasteiger partial charge on any atom is -0.372 e. The van der Waals surface area contributed by atoms with Crippen LogP contribution in [0.4, 0.5) is 0 Å². The first-order valence-electron chi connectivity index (χ1n) is 5.93. The molecule has 0 atom stereocenters. The van der Waals surface area contributed by atoms with Crippen molar-refractivity contribution in [2.24, 2.45) is 4.99 Å². The zero-order valence-electron chi connectivity index (χ0n) is 10.4. The minimum atomic E-state index is 0.204. The molecule has 1 aromatic rings. The molecule has 2 heteroatoms. The summed E-state index contributed by atoms with van der Waals surface area (Å²) in [6, 6.07) is 8.67. The molecule has 1 heterocycles. The average molecular weight is 216 g/mol. The monoisotopic (exact) mass is 216 g/mol. The van der Waals surface area contributed by atoms with Crippen LogP contribution in [0.2, 0.25) is 0 Å². The Morgan fingerprint density at radius 1 is 1.25 bits per heavy atom. The summed E-state index contributed by atoms with van der Waals surface area (Å²) in [4.78, 5) is 4.46. The highest BCUT2D eigenvalue weighted by Crippen LogP contribution is 2.26. The molecule has 1 aromatic carbocycles. The molecular weight excluding hydrogens is 196 g/mol. The summed E-state index contributed by atoms with van der Waals surface area (Å²) in [7, 11) is 0. The second-order valence-electron chi connectivity index (χ2n) is 5.34. The Labute approximate surface area is 97.8 Å². The van der Waals surface area contributed by atoms with Gasteiger partial charge in [-0.2, -0.15) is 0 Å². The maximum atomic E-state index is 4.46. The summed E-state index contributed by atoms with van der Waals surface area (Å²) in [6.45, 7) is 8.70. The highest BCUT2D eigenvalue weighted by atomic mass is 15.1. The molecular formula is C14H20N2. The third-order valence-electron chi connectivity index (χ3n) is 2.93. The Morgan fingerprint density at radius 3 is 2.62 bits per heavy atom. The number of nitrogens with zero attached hydrogens (tertiary/aromatic N) is 1. The number of amidine groups is 1. The Bertz CT molecular complexity index is 399. The van der Waals surface area contributed by atoms with Gasteiger partial charge < -0.3 is 5.32 Å². The van der Waals surface area contributed by atoms with Crippen LogP contribution >= 0.6 is 0 Å². The fourth-order valence-corrected chi connectivity index (χ4v) is 2.15. The van der Waals surface area contributed by atoms with Crippen molar-refractivity contribution in [2.75, 3.05) is 13.1 Å². The van der Waals surface area contributed by atoms with E-state index in [-0.39, 0.29) is 5.41 Å². The highest BCUT2D eigenvalue weighted by Gasteiger charge is 2.18. The van der Waals surface area contributed by atoms with Crippen molar-refractivity contribution in [3.05, 3.63) is 35.4 Å². The minimum absolute atomic E-state index is 0.204. The van der Waals surface area contributed by atoms with Crippen molar-refractivity contribution >= 4 is 5.84 Å². The first-order chi connectivity index (χ1) is 7.57. The van der Waals surface area contributed by atoms with Gasteiger partial charge in [0.1, 0.15) is 5.84 Å². The van der Waals surface area contributed by atoms with Crippen LogP contribution in [0, 0.1) is 0 Å². The quantitative estimate of drug-likeness (QED) is 0.807. The van der Waals surface area contributed by atoms with Crippen LogP contribution in [-0.4, -0.2) is 18.9 Å². The zero-order chi connectivity index (χ0) is 11.6. The van der Waals surface area contributed by atoms with E-state index in [9.17, 15) is 0 Å². The maximum absolute atomic E-state index is 4.46. The van der Waals surface area contributed by atoms with Gasteiger partial charge in [0, 0.05) is 13.0 Å². The molecule has 1 N–H and O–H groups in total. The largest absolute Gasteiger partial charge is 0.372 e. The van der Waals surface area contributed by atoms with E-state index in [4.69, 9.17) is 0 Å². The molecule has 0 saturated carbocycles. The predicted octanol–water partition coefficient (Wildman–Crippen LogP) is 2.53. The average Bonchev–Trinajstić information content (AvgIpc) is 2.70. The summed E-state index contributed by atoms with van der Waals surface area (Å²) in [5.74, 6) is 1.14. The van der Waals surface area contributed by atoms with Gasteiger partial charge in [-0.3, -0.25) is 4.99 Å². The SMILES string of the molecule is CC(C)(C)c1ccccc1CC1=NCCN1. The van der Waals surface area contributed by atoms with Gasteiger partial charge in [0.2, 0.25) is 0 Å². The van der Waals surface area contributed by atoms with Crippen molar-refractivity contribution in [2.45, 2.75) is 32.6 Å². The Morgan fingerprint density at radius 2 is 2.00 bits per heavy atom. The first-order valence-corrected chi connectivity index (χ1v) is 5.93. The number of rotatable bonds is 2. The van der Waals surface area contributed by atoms with Crippen LogP contribution < -0.4 is 5.32 Å². The lowest BCUT2D eigenvalue weighted by Gasteiger charge is -2.22. The molecule has 86 valence electrons. The lowest BCUT2D eigenvalue weighted by atomic mass is 9.83. The molecule has 0 aromatic heterocycles. The fraction of sp³-hybridized carbons (Fsp3) is 0.500. The second kappa shape index (κ2) is 4.28. The molecule has 2 rings (SSSR count). The molecule has 16 heavy (non-hydrogen) atoms. The van der Waals surface area contributed by atoms with Crippen LogP contribution in [0.5, 0.6) is 0 Å². The molecule has 0 unspecified atom stereocenters. The van der Waals surface area contributed by atoms with E-state index in [0.717, 1.165) is 25.3 Å². The Hall–Kier alpha value is -1.31. The van der Waals surface area contributed by atoms with E-state index in [0.29, 0.717) is 0 Å². The lowest BCUT2D eigenvalue weighted by Crippen LogP contribution is -2.23. The van der Waals surface area contributed by atoms with Crippen molar-refractivity contribution in [3.63, 3.8) is 0 Å². The Balaban J connectivity index is 2.26. The van der Waals surface area contributed by atoms with E-state index in [2.05, 4.69) is 55.3 Å². The molecule has 2 nitrogen and oxygen atoms in total. The molecule has 0 radical (unpaired) electrons. The van der Waals surface area contributed by atoms with Gasteiger partial charge in [-0.1, -0.05) is 45.0 Å². The third-order valence-corrected chi connectivity index (χ3v) is 2.93. The van der Waals surface area contributed by atoms with Gasteiger partial charge in [0.25, 0.3) is 0 Å². The molecule has 0 fully saturated rings. The standard InChI is InChI=1S/C14H20N2/c1-14(2,3)12-7-5-4-6-11(12)10-13-15-8-9-16-13/h4-7H,8-10H2,1-3H3,(H,15,16). The van der Waals surface area contributed by atoms with Gasteiger partial charge in [0.15, 0.2) is 0 Å². The maximum Gasteiger partial charge on any atom is 0.101 e. The third kappa shape index (κ3) is 2.43. The molecule has 0 saturated heterocycles. The summed E-state index contributed by atoms with van der Waals surface area (Å²) in [5.41, 5.74) is 3.02. The van der Waals surface area contributed by atoms with Gasteiger partial charge in [-0.25, -0.2) is 0 Å². The predicted molar refractivity (Wildman–Crippen MR) is 69.2 cm³/mol. The second-order valence-corrected chi connectivity index (χ2v) is 5.34. The molecule has 0 aliphatic carbocycles. The van der Waals surface area contributed by atoms with Crippen molar-refractivity contribution in [3.8, 4) is 0 Å². The van der Waals surface area contributed by atoms with E-state index in [1.165, 1.54) is 11.1 Å².